The number of benzene rings is 2. The van der Waals surface area contributed by atoms with Crippen molar-refractivity contribution in [2.75, 3.05) is 25.1 Å². The molecule has 1 saturated heterocycles. The minimum atomic E-state index is -1.60. The lowest BCUT2D eigenvalue weighted by Gasteiger charge is -2.44. The van der Waals surface area contributed by atoms with E-state index >= 15 is 0 Å². The normalized spacial score (nSPS) is 21.0. The SMILES string of the molecule is O=C(CCCCCCCCCCCOc1cccc2ccccc12)NCC(=O)N[C@@H]1[C@@H](O)[C@@H](O)[C@@H](Nc2ncnc3nc[nH]c23)O[C@H]1[C@@H](O)CO. The number of aliphatic hydroxyl groups is 4. The molecule has 3 heterocycles. The molecular weight excluding hydrogens is 658 g/mol. The van der Waals surface area contributed by atoms with Gasteiger partial charge in [-0.15, -0.1) is 0 Å². The number of aliphatic hydroxyl groups excluding tert-OH is 4. The van der Waals surface area contributed by atoms with Gasteiger partial charge in [-0.2, -0.15) is 0 Å². The number of nitrogens with zero attached hydrogens (tertiary/aromatic N) is 3. The number of H-pyrrole nitrogens is 1. The van der Waals surface area contributed by atoms with Gasteiger partial charge in [-0.3, -0.25) is 9.59 Å². The van der Waals surface area contributed by atoms with Gasteiger partial charge in [0.15, 0.2) is 17.7 Å². The molecule has 2 amide bonds. The molecule has 0 unspecified atom stereocenters. The number of hydrogen-bond donors (Lipinski definition) is 8. The zero-order valence-electron chi connectivity index (χ0n) is 28.6. The number of carbonyl (C=O) groups excluding carboxylic acids is 2. The second-order valence-corrected chi connectivity index (χ2v) is 12.8. The topological polar surface area (TPSA) is 224 Å². The fourth-order valence-electron chi connectivity index (χ4n) is 6.28. The highest BCUT2D eigenvalue weighted by molar-refractivity contribution is 5.88. The van der Waals surface area contributed by atoms with Gasteiger partial charge in [-0.1, -0.05) is 81.3 Å². The van der Waals surface area contributed by atoms with Gasteiger partial charge in [0.05, 0.1) is 32.1 Å². The fourth-order valence-corrected chi connectivity index (χ4v) is 6.28. The van der Waals surface area contributed by atoms with E-state index in [1.165, 1.54) is 30.9 Å². The number of imidazole rings is 1. The van der Waals surface area contributed by atoms with Gasteiger partial charge in [0.25, 0.3) is 0 Å². The molecular formula is C36H49N7O8. The Morgan fingerprint density at radius 3 is 2.39 bits per heavy atom. The van der Waals surface area contributed by atoms with Gasteiger partial charge in [0, 0.05) is 11.8 Å². The first-order chi connectivity index (χ1) is 24.9. The van der Waals surface area contributed by atoms with E-state index in [-0.39, 0.29) is 24.7 Å². The summed E-state index contributed by atoms with van der Waals surface area (Å²) in [6, 6.07) is 13.1. The van der Waals surface area contributed by atoms with Crippen LogP contribution in [0.15, 0.2) is 55.1 Å². The lowest BCUT2D eigenvalue weighted by molar-refractivity contribution is -0.204. The van der Waals surface area contributed by atoms with Crippen LogP contribution in [0.5, 0.6) is 5.75 Å². The van der Waals surface area contributed by atoms with Gasteiger partial charge < -0.3 is 50.8 Å². The van der Waals surface area contributed by atoms with Crippen molar-refractivity contribution in [3.63, 3.8) is 0 Å². The van der Waals surface area contributed by atoms with Crippen LogP contribution >= 0.6 is 0 Å². The minimum Gasteiger partial charge on any atom is -0.493 e. The van der Waals surface area contributed by atoms with Crippen molar-refractivity contribution in [3.8, 4) is 5.75 Å². The standard InChI is InChI=1S/C36H49N7O8/c44-20-25(45)33-29(31(48)32(49)36(51-33)43-35-30-34(39-21-38-30)40-22-41-35)42-28(47)19-37-27(46)17-8-6-4-2-1-3-5-7-11-18-50-26-16-12-14-23-13-9-10-15-24(23)26/h9-10,12-16,21-22,25,29,31-33,36,44-45,48-49H,1-8,11,17-20H2,(H,37,46)(H,42,47)(H2,38,39,40,41,43)/t25-,29+,31+,32+,33-,36-/m0/s1. The summed E-state index contributed by atoms with van der Waals surface area (Å²) >= 11 is 0. The van der Waals surface area contributed by atoms with Gasteiger partial charge in [0.1, 0.15) is 42.0 Å². The molecule has 0 spiro atoms. The van der Waals surface area contributed by atoms with E-state index in [1.807, 2.05) is 24.3 Å². The van der Waals surface area contributed by atoms with E-state index in [9.17, 15) is 30.0 Å². The van der Waals surface area contributed by atoms with Crippen LogP contribution in [0.3, 0.4) is 0 Å². The highest BCUT2D eigenvalue weighted by Crippen LogP contribution is 2.27. The largest absolute Gasteiger partial charge is 0.493 e. The van der Waals surface area contributed by atoms with Crippen molar-refractivity contribution >= 4 is 39.6 Å². The van der Waals surface area contributed by atoms with Crippen LogP contribution in [0, 0.1) is 0 Å². The van der Waals surface area contributed by atoms with Gasteiger partial charge in [-0.25, -0.2) is 15.0 Å². The van der Waals surface area contributed by atoms with Crippen LogP contribution in [-0.4, -0.2) is 109 Å². The Morgan fingerprint density at radius 2 is 1.61 bits per heavy atom. The summed E-state index contributed by atoms with van der Waals surface area (Å²) in [7, 11) is 0. The van der Waals surface area contributed by atoms with E-state index in [4.69, 9.17) is 9.47 Å². The van der Waals surface area contributed by atoms with Gasteiger partial charge in [-0.05, 0) is 24.3 Å². The lowest BCUT2D eigenvalue weighted by Crippen LogP contribution is -2.68. The first kappa shape index (κ1) is 37.8. The maximum atomic E-state index is 12.7. The summed E-state index contributed by atoms with van der Waals surface area (Å²) in [6.45, 7) is -0.386. The predicted octanol–water partition coefficient (Wildman–Crippen LogP) is 2.30. The number of carbonyl (C=O) groups is 2. The van der Waals surface area contributed by atoms with Crippen molar-refractivity contribution in [1.82, 2.24) is 30.6 Å². The molecule has 51 heavy (non-hydrogen) atoms. The molecule has 6 atom stereocenters. The van der Waals surface area contributed by atoms with Crippen molar-refractivity contribution in [3.05, 3.63) is 55.1 Å². The number of aromatic nitrogens is 4. The van der Waals surface area contributed by atoms with Crippen LogP contribution in [0.1, 0.15) is 64.2 Å². The molecule has 15 heteroatoms. The van der Waals surface area contributed by atoms with Crippen LogP contribution in [0.4, 0.5) is 5.82 Å². The van der Waals surface area contributed by atoms with Crippen molar-refractivity contribution in [2.45, 2.75) is 101 Å². The average molecular weight is 708 g/mol. The maximum absolute atomic E-state index is 12.7. The molecule has 1 fully saturated rings. The number of anilines is 1. The third-order valence-electron chi connectivity index (χ3n) is 9.08. The van der Waals surface area contributed by atoms with Gasteiger partial charge >= 0.3 is 0 Å². The average Bonchev–Trinajstić information content (AvgIpc) is 3.64. The predicted molar refractivity (Wildman–Crippen MR) is 190 cm³/mol. The molecule has 2 aromatic carbocycles. The highest BCUT2D eigenvalue weighted by Gasteiger charge is 2.48. The Kier molecular flexibility index (Phi) is 14.3. The maximum Gasteiger partial charge on any atom is 0.239 e. The summed E-state index contributed by atoms with van der Waals surface area (Å²) < 4.78 is 11.8. The summed E-state index contributed by atoms with van der Waals surface area (Å²) in [6.07, 6.45) is 5.11. The quantitative estimate of drug-likeness (QED) is 0.0620. The summed E-state index contributed by atoms with van der Waals surface area (Å²) in [5.74, 6) is 0.234. The highest BCUT2D eigenvalue weighted by atomic mass is 16.5. The monoisotopic (exact) mass is 707 g/mol. The van der Waals surface area contributed by atoms with Crippen LogP contribution in [-0.2, 0) is 14.3 Å². The van der Waals surface area contributed by atoms with Crippen LogP contribution < -0.4 is 20.7 Å². The number of amides is 2. The Balaban J connectivity index is 0.921. The number of rotatable bonds is 20. The molecule has 0 bridgehead atoms. The fraction of sp³-hybridized carbons (Fsp3) is 0.528. The summed E-state index contributed by atoms with van der Waals surface area (Å²) in [4.78, 5) is 40.1. The zero-order valence-corrected chi connectivity index (χ0v) is 28.6. The van der Waals surface area contributed by atoms with E-state index in [2.05, 4.69) is 54.1 Å². The zero-order chi connectivity index (χ0) is 36.0. The van der Waals surface area contributed by atoms with Crippen molar-refractivity contribution < 1.29 is 39.5 Å². The van der Waals surface area contributed by atoms with E-state index < -0.39 is 49.2 Å². The first-order valence-corrected chi connectivity index (χ1v) is 17.7. The minimum absolute atomic E-state index is 0.224. The summed E-state index contributed by atoms with van der Waals surface area (Å²) in [5.41, 5.74) is 0.782. The van der Waals surface area contributed by atoms with Crippen molar-refractivity contribution in [1.29, 1.82) is 0 Å². The smallest absolute Gasteiger partial charge is 0.239 e. The Labute approximate surface area is 296 Å². The second kappa shape index (κ2) is 19.3. The molecule has 15 nitrogen and oxygen atoms in total. The van der Waals surface area contributed by atoms with Crippen LogP contribution in [0.2, 0.25) is 0 Å². The molecule has 2 aromatic heterocycles. The molecule has 276 valence electrons. The molecule has 8 N–H and O–H groups in total. The molecule has 0 aliphatic carbocycles. The number of hydrogen-bond acceptors (Lipinski definition) is 12. The van der Waals surface area contributed by atoms with Crippen molar-refractivity contribution in [2.24, 2.45) is 0 Å². The Hall–Kier alpha value is -4.41. The first-order valence-electron chi connectivity index (χ1n) is 17.7. The van der Waals surface area contributed by atoms with E-state index in [0.29, 0.717) is 24.2 Å². The lowest BCUT2D eigenvalue weighted by atomic mass is 9.92. The molecule has 0 saturated carbocycles. The number of unbranched alkanes of at least 4 members (excludes halogenated alkanes) is 8. The Bertz CT molecular complexity index is 1680. The van der Waals surface area contributed by atoms with E-state index in [1.54, 1.807) is 0 Å². The number of aromatic amines is 1. The Morgan fingerprint density at radius 1 is 0.882 bits per heavy atom. The number of nitrogens with one attached hydrogen (secondary N) is 4. The molecule has 5 rings (SSSR count). The molecule has 0 radical (unpaired) electrons. The molecule has 4 aromatic rings. The van der Waals surface area contributed by atoms with Crippen LogP contribution in [0.25, 0.3) is 21.9 Å². The number of fused-ring (bicyclic) bond motifs is 2. The van der Waals surface area contributed by atoms with E-state index in [0.717, 1.165) is 49.7 Å². The second-order valence-electron chi connectivity index (χ2n) is 12.8. The van der Waals surface area contributed by atoms with Gasteiger partial charge in [0.2, 0.25) is 11.8 Å². The molecule has 1 aliphatic heterocycles. The third kappa shape index (κ3) is 10.6. The molecule has 1 aliphatic rings. The summed E-state index contributed by atoms with van der Waals surface area (Å²) in [5, 5.41) is 52.1. The third-order valence-corrected chi connectivity index (χ3v) is 9.08. The number of ether oxygens (including phenoxy) is 2.